The minimum absolute atomic E-state index is 0.219. The molecule has 0 aliphatic carbocycles. The van der Waals surface area contributed by atoms with Gasteiger partial charge in [-0.25, -0.2) is 0 Å². The first kappa shape index (κ1) is 16.7. The first-order valence-electron chi connectivity index (χ1n) is 8.39. The quantitative estimate of drug-likeness (QED) is 0.827. The van der Waals surface area contributed by atoms with Crippen LogP contribution in [0.2, 0.25) is 0 Å². The minimum Gasteiger partial charge on any atom is -0.396 e. The molecule has 122 valence electrons. The summed E-state index contributed by atoms with van der Waals surface area (Å²) in [6, 6.07) is 0.275. The molecule has 0 aromatic carbocycles. The van der Waals surface area contributed by atoms with Crippen molar-refractivity contribution >= 4 is 5.91 Å². The topological polar surface area (TPSA) is 47.0 Å². The fourth-order valence-electron chi connectivity index (χ4n) is 3.59. The Morgan fingerprint density at radius 3 is 2.38 bits per heavy atom. The summed E-state index contributed by atoms with van der Waals surface area (Å²) >= 11 is 0. The molecule has 0 bridgehead atoms. The molecule has 21 heavy (non-hydrogen) atoms. The van der Waals surface area contributed by atoms with Gasteiger partial charge in [0.2, 0.25) is 5.91 Å². The lowest BCUT2D eigenvalue weighted by Crippen LogP contribution is -2.54. The Morgan fingerprint density at radius 2 is 1.81 bits per heavy atom. The fourth-order valence-corrected chi connectivity index (χ4v) is 3.59. The Bertz CT molecular complexity index is 327. The van der Waals surface area contributed by atoms with E-state index in [1.54, 1.807) is 0 Å². The first-order valence-corrected chi connectivity index (χ1v) is 8.39. The molecule has 0 aromatic rings. The number of hydrogen-bond acceptors (Lipinski definition) is 4. The largest absolute Gasteiger partial charge is 0.396 e. The number of aliphatic hydroxyl groups excluding tert-OH is 1. The lowest BCUT2D eigenvalue weighted by Gasteiger charge is -2.41. The van der Waals surface area contributed by atoms with Crippen molar-refractivity contribution in [1.29, 1.82) is 0 Å². The molecule has 2 aliphatic rings. The summed E-state index contributed by atoms with van der Waals surface area (Å²) in [4.78, 5) is 19.0. The average molecular weight is 297 g/mol. The van der Waals surface area contributed by atoms with Gasteiger partial charge < -0.3 is 14.9 Å². The van der Waals surface area contributed by atoms with Crippen LogP contribution in [0.15, 0.2) is 0 Å². The van der Waals surface area contributed by atoms with Crippen LogP contribution in [0, 0.1) is 5.92 Å². The van der Waals surface area contributed by atoms with Crippen LogP contribution < -0.4 is 0 Å². The molecule has 2 aliphatic heterocycles. The van der Waals surface area contributed by atoms with Gasteiger partial charge in [-0.15, -0.1) is 0 Å². The number of nitrogens with zero attached hydrogens (tertiary/aromatic N) is 3. The standard InChI is InChI=1S/C16H31N3O2/c1-17(2)15-11-19(10-7-14(15)13-20)16(21)12-18-8-5-3-4-6-9-18/h14-15,20H,3-13H2,1-2H3/t14-,15-/m1/s1. The number of likely N-dealkylation sites (tertiary alicyclic amines) is 2. The van der Waals surface area contributed by atoms with E-state index in [1.165, 1.54) is 25.7 Å². The van der Waals surface area contributed by atoms with E-state index in [9.17, 15) is 9.90 Å². The van der Waals surface area contributed by atoms with Crippen molar-refractivity contribution in [3.05, 3.63) is 0 Å². The van der Waals surface area contributed by atoms with Gasteiger partial charge in [0.1, 0.15) is 0 Å². The summed E-state index contributed by atoms with van der Waals surface area (Å²) in [6.45, 7) is 4.47. The highest BCUT2D eigenvalue weighted by Crippen LogP contribution is 2.21. The molecule has 5 heteroatoms. The SMILES string of the molecule is CN(C)[C@@H]1CN(C(=O)CN2CCCCCC2)CC[C@@H]1CO. The van der Waals surface area contributed by atoms with Gasteiger partial charge >= 0.3 is 0 Å². The lowest BCUT2D eigenvalue weighted by molar-refractivity contribution is -0.135. The normalized spacial score (nSPS) is 28.7. The molecule has 2 fully saturated rings. The van der Waals surface area contributed by atoms with E-state index in [1.807, 2.05) is 19.0 Å². The third-order valence-electron chi connectivity index (χ3n) is 5.03. The van der Waals surface area contributed by atoms with Crippen molar-refractivity contribution in [2.24, 2.45) is 5.92 Å². The Balaban J connectivity index is 1.87. The Labute approximate surface area is 128 Å². The van der Waals surface area contributed by atoms with E-state index in [0.29, 0.717) is 12.5 Å². The average Bonchev–Trinajstić information content (AvgIpc) is 2.75. The van der Waals surface area contributed by atoms with Gasteiger partial charge in [-0.2, -0.15) is 0 Å². The van der Waals surface area contributed by atoms with Gasteiger partial charge in [0.05, 0.1) is 6.54 Å². The molecule has 0 spiro atoms. The molecule has 2 rings (SSSR count). The van der Waals surface area contributed by atoms with E-state index in [0.717, 1.165) is 32.6 Å². The van der Waals surface area contributed by atoms with Crippen LogP contribution in [0.25, 0.3) is 0 Å². The van der Waals surface area contributed by atoms with Crippen molar-refractivity contribution in [1.82, 2.24) is 14.7 Å². The lowest BCUT2D eigenvalue weighted by atomic mass is 9.91. The Hall–Kier alpha value is -0.650. The zero-order chi connectivity index (χ0) is 15.2. The maximum Gasteiger partial charge on any atom is 0.236 e. The van der Waals surface area contributed by atoms with E-state index in [4.69, 9.17) is 0 Å². The number of carbonyl (C=O) groups is 1. The molecular formula is C16H31N3O2. The Morgan fingerprint density at radius 1 is 1.14 bits per heavy atom. The van der Waals surface area contributed by atoms with Gasteiger partial charge in [-0.3, -0.25) is 9.69 Å². The second-order valence-corrected chi connectivity index (χ2v) is 6.79. The summed E-state index contributed by atoms with van der Waals surface area (Å²) in [5.41, 5.74) is 0. The van der Waals surface area contributed by atoms with Crippen LogP contribution in [-0.4, -0.2) is 85.2 Å². The van der Waals surface area contributed by atoms with Crippen LogP contribution in [0.3, 0.4) is 0 Å². The molecule has 0 aromatic heterocycles. The van der Waals surface area contributed by atoms with Crippen LogP contribution in [0.1, 0.15) is 32.1 Å². The maximum atomic E-state index is 12.5. The molecule has 2 saturated heterocycles. The molecule has 0 unspecified atom stereocenters. The number of aliphatic hydroxyl groups is 1. The predicted octanol–water partition coefficient (Wildman–Crippen LogP) is 0.633. The number of hydrogen-bond donors (Lipinski definition) is 1. The highest BCUT2D eigenvalue weighted by molar-refractivity contribution is 5.78. The molecule has 2 atom stereocenters. The highest BCUT2D eigenvalue weighted by Gasteiger charge is 2.32. The van der Waals surface area contributed by atoms with Crippen molar-refractivity contribution < 1.29 is 9.90 Å². The van der Waals surface area contributed by atoms with E-state index in [-0.39, 0.29) is 18.6 Å². The molecule has 0 radical (unpaired) electrons. The number of carbonyl (C=O) groups excluding carboxylic acids is 1. The monoisotopic (exact) mass is 297 g/mol. The van der Waals surface area contributed by atoms with E-state index < -0.39 is 0 Å². The van der Waals surface area contributed by atoms with Crippen LogP contribution in [-0.2, 0) is 4.79 Å². The van der Waals surface area contributed by atoms with Crippen molar-refractivity contribution in [2.45, 2.75) is 38.1 Å². The van der Waals surface area contributed by atoms with Gasteiger partial charge in [0.25, 0.3) is 0 Å². The highest BCUT2D eigenvalue weighted by atomic mass is 16.3. The fraction of sp³-hybridized carbons (Fsp3) is 0.938. The summed E-state index contributed by atoms with van der Waals surface area (Å²) in [5.74, 6) is 0.558. The van der Waals surface area contributed by atoms with Crippen molar-refractivity contribution in [3.63, 3.8) is 0 Å². The Kier molecular flexibility index (Phi) is 6.45. The molecule has 2 heterocycles. The zero-order valence-corrected chi connectivity index (χ0v) is 13.6. The van der Waals surface area contributed by atoms with Gasteiger partial charge in [0, 0.05) is 31.7 Å². The smallest absolute Gasteiger partial charge is 0.236 e. The van der Waals surface area contributed by atoms with Crippen LogP contribution >= 0.6 is 0 Å². The second kappa shape index (κ2) is 8.11. The summed E-state index contributed by atoms with van der Waals surface area (Å²) in [7, 11) is 4.08. The number of amides is 1. The maximum absolute atomic E-state index is 12.5. The number of likely N-dealkylation sites (N-methyl/N-ethyl adjacent to an activating group) is 1. The van der Waals surface area contributed by atoms with Crippen LogP contribution in [0.5, 0.6) is 0 Å². The third kappa shape index (κ3) is 4.66. The van der Waals surface area contributed by atoms with Crippen molar-refractivity contribution in [2.75, 3.05) is 53.4 Å². The third-order valence-corrected chi connectivity index (χ3v) is 5.03. The first-order chi connectivity index (χ1) is 10.1. The van der Waals surface area contributed by atoms with Crippen LogP contribution in [0.4, 0.5) is 0 Å². The summed E-state index contributed by atoms with van der Waals surface area (Å²) in [5, 5.41) is 9.49. The molecule has 0 saturated carbocycles. The number of rotatable bonds is 4. The van der Waals surface area contributed by atoms with Crippen molar-refractivity contribution in [3.8, 4) is 0 Å². The number of piperidine rings is 1. The zero-order valence-electron chi connectivity index (χ0n) is 13.6. The molecular weight excluding hydrogens is 266 g/mol. The van der Waals surface area contributed by atoms with E-state index in [2.05, 4.69) is 9.80 Å². The summed E-state index contributed by atoms with van der Waals surface area (Å²) < 4.78 is 0. The van der Waals surface area contributed by atoms with E-state index >= 15 is 0 Å². The molecule has 1 N–H and O–H groups in total. The second-order valence-electron chi connectivity index (χ2n) is 6.79. The summed E-state index contributed by atoms with van der Waals surface area (Å²) in [6.07, 6.45) is 5.95. The predicted molar refractivity (Wildman–Crippen MR) is 84.2 cm³/mol. The minimum atomic E-state index is 0.219. The van der Waals surface area contributed by atoms with Gasteiger partial charge in [-0.1, -0.05) is 12.8 Å². The molecule has 1 amide bonds. The van der Waals surface area contributed by atoms with Gasteiger partial charge in [0.15, 0.2) is 0 Å². The van der Waals surface area contributed by atoms with Gasteiger partial charge in [-0.05, 0) is 46.4 Å². The molecule has 5 nitrogen and oxygen atoms in total.